The van der Waals surface area contributed by atoms with E-state index in [1.807, 2.05) is 0 Å². The van der Waals surface area contributed by atoms with Crippen molar-refractivity contribution in [3.8, 4) is 0 Å². The van der Waals surface area contributed by atoms with Crippen LogP contribution in [0.2, 0.25) is 0 Å². The van der Waals surface area contributed by atoms with E-state index >= 15 is 0 Å². The van der Waals surface area contributed by atoms with Crippen LogP contribution < -0.4 is 0 Å². The van der Waals surface area contributed by atoms with Gasteiger partial charge in [-0.3, -0.25) is 0 Å². The SMILES string of the molecule is CCC(C)(C(C)C)C(C)C(C)(C)C. The third kappa shape index (κ3) is 2.72. The highest BCUT2D eigenvalue weighted by molar-refractivity contribution is 4.87. The van der Waals surface area contributed by atoms with Crippen LogP contribution >= 0.6 is 0 Å². The molecule has 2 unspecified atom stereocenters. The third-order valence-corrected chi connectivity index (χ3v) is 4.37. The molecule has 0 aliphatic rings. The topological polar surface area (TPSA) is 0 Å². The molecular formula is C13H28. The van der Waals surface area contributed by atoms with Crippen molar-refractivity contribution in [3.63, 3.8) is 0 Å². The van der Waals surface area contributed by atoms with Gasteiger partial charge in [-0.25, -0.2) is 0 Å². The van der Waals surface area contributed by atoms with E-state index in [1.54, 1.807) is 0 Å². The number of rotatable bonds is 3. The lowest BCUT2D eigenvalue weighted by molar-refractivity contribution is 0.0382. The van der Waals surface area contributed by atoms with Gasteiger partial charge in [-0.1, -0.05) is 61.8 Å². The van der Waals surface area contributed by atoms with Crippen molar-refractivity contribution in [2.45, 2.75) is 61.8 Å². The maximum Gasteiger partial charge on any atom is -0.0275 e. The summed E-state index contributed by atoms with van der Waals surface area (Å²) in [6.45, 7) is 18.9. The molecule has 80 valence electrons. The smallest absolute Gasteiger partial charge is 0.0275 e. The van der Waals surface area contributed by atoms with E-state index in [9.17, 15) is 0 Å². The molecule has 0 amide bonds. The highest BCUT2D eigenvalue weighted by Gasteiger charge is 2.38. The van der Waals surface area contributed by atoms with Gasteiger partial charge < -0.3 is 0 Å². The predicted molar refractivity (Wildman–Crippen MR) is 61.9 cm³/mol. The Labute approximate surface area is 85.1 Å². The molecule has 0 fully saturated rings. The van der Waals surface area contributed by atoms with Crippen molar-refractivity contribution in [2.24, 2.45) is 22.7 Å². The zero-order valence-corrected chi connectivity index (χ0v) is 10.9. The fourth-order valence-electron chi connectivity index (χ4n) is 2.20. The lowest BCUT2D eigenvalue weighted by Crippen LogP contribution is -2.38. The van der Waals surface area contributed by atoms with Crippen LogP contribution in [0.1, 0.15) is 61.8 Å². The highest BCUT2D eigenvalue weighted by Crippen LogP contribution is 2.46. The summed E-state index contributed by atoms with van der Waals surface area (Å²) < 4.78 is 0. The molecule has 0 heteroatoms. The van der Waals surface area contributed by atoms with Crippen LogP contribution in [0.25, 0.3) is 0 Å². The summed E-state index contributed by atoms with van der Waals surface area (Å²) in [5.74, 6) is 1.54. The van der Waals surface area contributed by atoms with Crippen molar-refractivity contribution in [1.29, 1.82) is 0 Å². The average molecular weight is 184 g/mol. The summed E-state index contributed by atoms with van der Waals surface area (Å²) >= 11 is 0. The fourth-order valence-corrected chi connectivity index (χ4v) is 2.20. The molecule has 0 spiro atoms. The van der Waals surface area contributed by atoms with E-state index < -0.39 is 0 Å². The van der Waals surface area contributed by atoms with E-state index in [2.05, 4.69) is 55.4 Å². The second-order valence-corrected chi connectivity index (χ2v) is 6.10. The Hall–Kier alpha value is 0. The van der Waals surface area contributed by atoms with Crippen LogP contribution in [0.3, 0.4) is 0 Å². The van der Waals surface area contributed by atoms with E-state index in [4.69, 9.17) is 0 Å². The van der Waals surface area contributed by atoms with Gasteiger partial charge in [-0.05, 0) is 22.7 Å². The largest absolute Gasteiger partial charge is 0.0648 e. The maximum atomic E-state index is 2.44. The van der Waals surface area contributed by atoms with Crippen molar-refractivity contribution in [3.05, 3.63) is 0 Å². The van der Waals surface area contributed by atoms with Gasteiger partial charge in [0, 0.05) is 0 Å². The van der Waals surface area contributed by atoms with Crippen molar-refractivity contribution in [1.82, 2.24) is 0 Å². The summed E-state index contributed by atoms with van der Waals surface area (Å²) in [6.07, 6.45) is 1.28. The first-order valence-corrected chi connectivity index (χ1v) is 5.66. The predicted octanol–water partition coefficient (Wildman–Crippen LogP) is 4.74. The summed E-state index contributed by atoms with van der Waals surface area (Å²) in [5, 5.41) is 0. The maximum absolute atomic E-state index is 2.44. The molecule has 0 saturated heterocycles. The first-order chi connectivity index (χ1) is 5.66. The first-order valence-electron chi connectivity index (χ1n) is 5.66. The summed E-state index contributed by atoms with van der Waals surface area (Å²) in [4.78, 5) is 0. The zero-order chi connectivity index (χ0) is 10.9. The van der Waals surface area contributed by atoms with Gasteiger partial charge in [0.1, 0.15) is 0 Å². The van der Waals surface area contributed by atoms with Gasteiger partial charge >= 0.3 is 0 Å². The quantitative estimate of drug-likeness (QED) is 0.594. The van der Waals surface area contributed by atoms with E-state index in [0.717, 1.165) is 11.8 Å². The molecule has 13 heavy (non-hydrogen) atoms. The molecule has 0 bridgehead atoms. The van der Waals surface area contributed by atoms with Crippen LogP contribution in [0.4, 0.5) is 0 Å². The monoisotopic (exact) mass is 184 g/mol. The molecule has 0 N–H and O–H groups in total. The minimum atomic E-state index is 0.426. The highest BCUT2D eigenvalue weighted by atomic mass is 14.4. The molecule has 2 atom stereocenters. The second-order valence-electron chi connectivity index (χ2n) is 6.10. The van der Waals surface area contributed by atoms with E-state index in [1.165, 1.54) is 6.42 Å². The Morgan fingerprint density at radius 2 is 1.31 bits per heavy atom. The molecule has 0 aliphatic heterocycles. The molecule has 0 radical (unpaired) electrons. The Bertz CT molecular complexity index is 150. The van der Waals surface area contributed by atoms with Gasteiger partial charge in [0.05, 0.1) is 0 Å². The second kappa shape index (κ2) is 4.02. The van der Waals surface area contributed by atoms with Crippen molar-refractivity contribution in [2.75, 3.05) is 0 Å². The molecule has 0 aromatic rings. The summed E-state index contributed by atoms with van der Waals surface area (Å²) in [7, 11) is 0. The first kappa shape index (κ1) is 13.0. The summed E-state index contributed by atoms with van der Waals surface area (Å²) in [5.41, 5.74) is 0.910. The van der Waals surface area contributed by atoms with Crippen LogP contribution in [0.5, 0.6) is 0 Å². The van der Waals surface area contributed by atoms with Gasteiger partial charge in [-0.15, -0.1) is 0 Å². The van der Waals surface area contributed by atoms with Gasteiger partial charge in [-0.2, -0.15) is 0 Å². The standard InChI is InChI=1S/C13H28/c1-9-13(8,10(2)3)11(4)12(5,6)7/h10-11H,9H2,1-8H3. The number of hydrogen-bond acceptors (Lipinski definition) is 0. The van der Waals surface area contributed by atoms with Gasteiger partial charge in [0.2, 0.25) is 0 Å². The zero-order valence-electron chi connectivity index (χ0n) is 10.9. The minimum absolute atomic E-state index is 0.426. The molecule has 0 heterocycles. The molecule has 0 nitrogen and oxygen atoms in total. The molecular weight excluding hydrogens is 156 g/mol. The molecule has 0 rings (SSSR count). The molecule has 0 saturated carbocycles. The summed E-state index contributed by atoms with van der Waals surface area (Å²) in [6, 6.07) is 0. The Balaban J connectivity index is 4.77. The van der Waals surface area contributed by atoms with Crippen LogP contribution in [0.15, 0.2) is 0 Å². The normalized spacial score (nSPS) is 20.1. The Morgan fingerprint density at radius 1 is 0.923 bits per heavy atom. The van der Waals surface area contributed by atoms with Crippen LogP contribution in [-0.4, -0.2) is 0 Å². The van der Waals surface area contributed by atoms with Crippen LogP contribution in [-0.2, 0) is 0 Å². The molecule has 0 aromatic carbocycles. The third-order valence-electron chi connectivity index (χ3n) is 4.37. The van der Waals surface area contributed by atoms with Gasteiger partial charge in [0.25, 0.3) is 0 Å². The van der Waals surface area contributed by atoms with Crippen molar-refractivity contribution >= 4 is 0 Å². The lowest BCUT2D eigenvalue weighted by Gasteiger charge is -2.45. The fraction of sp³-hybridized carbons (Fsp3) is 1.00. The Kier molecular flexibility index (Phi) is 4.02. The average Bonchev–Trinajstić information content (AvgIpc) is 1.99. The Morgan fingerprint density at radius 3 is 1.38 bits per heavy atom. The lowest BCUT2D eigenvalue weighted by atomic mass is 9.60. The molecule has 0 aliphatic carbocycles. The number of hydrogen-bond donors (Lipinski definition) is 0. The van der Waals surface area contributed by atoms with Gasteiger partial charge in [0.15, 0.2) is 0 Å². The van der Waals surface area contributed by atoms with E-state index in [0.29, 0.717) is 10.8 Å². The van der Waals surface area contributed by atoms with Crippen LogP contribution in [0, 0.1) is 22.7 Å². The minimum Gasteiger partial charge on any atom is -0.0648 e. The van der Waals surface area contributed by atoms with E-state index in [-0.39, 0.29) is 0 Å². The molecule has 0 aromatic heterocycles. The van der Waals surface area contributed by atoms with Crippen molar-refractivity contribution < 1.29 is 0 Å².